The van der Waals surface area contributed by atoms with Gasteiger partial charge in [0.05, 0.1) is 0 Å². The van der Waals surface area contributed by atoms with Gasteiger partial charge in [0.1, 0.15) is 0 Å². The van der Waals surface area contributed by atoms with E-state index in [1.54, 1.807) is 0 Å². The molecule has 0 N–H and O–H groups in total. The lowest BCUT2D eigenvalue weighted by Crippen LogP contribution is -2.32. The molecule has 1 fully saturated rings. The largest absolute Gasteiger partial charge is 0.309 e. The summed E-state index contributed by atoms with van der Waals surface area (Å²) in [7, 11) is 4.36. The average Bonchev–Trinajstić information content (AvgIpc) is 2.19. The van der Waals surface area contributed by atoms with Crippen LogP contribution in [0.15, 0.2) is 0 Å². The van der Waals surface area contributed by atoms with E-state index in [1.807, 2.05) is 0 Å². The molecule has 0 aromatic rings. The Morgan fingerprint density at radius 1 is 1.12 bits per heavy atom. The smallest absolute Gasteiger partial charge is 0.00197 e. The number of hydrogen-bond donors (Lipinski definition) is 0. The van der Waals surface area contributed by atoms with Gasteiger partial charge in [-0.3, -0.25) is 0 Å². The van der Waals surface area contributed by atoms with Gasteiger partial charge in [-0.15, -0.1) is 0 Å². The first-order valence-electron chi connectivity index (χ1n) is 7.09. The van der Waals surface area contributed by atoms with Gasteiger partial charge in [-0.2, -0.15) is 0 Å². The van der Waals surface area contributed by atoms with Crippen LogP contribution in [0.4, 0.5) is 0 Å². The van der Waals surface area contributed by atoms with Crippen LogP contribution in [0.5, 0.6) is 0 Å². The second-order valence-electron chi connectivity index (χ2n) is 6.81. The van der Waals surface area contributed by atoms with E-state index in [1.165, 1.54) is 45.1 Å². The Hall–Kier alpha value is -0.0400. The van der Waals surface area contributed by atoms with Crippen molar-refractivity contribution in [2.45, 2.75) is 59.3 Å². The van der Waals surface area contributed by atoms with Crippen LogP contribution in [0.2, 0.25) is 0 Å². The minimum Gasteiger partial charge on any atom is -0.309 e. The highest BCUT2D eigenvalue weighted by Crippen LogP contribution is 2.45. The van der Waals surface area contributed by atoms with Gasteiger partial charge in [-0.05, 0) is 63.6 Å². The molecular weight excluding hydrogens is 194 g/mol. The van der Waals surface area contributed by atoms with Gasteiger partial charge in [0.15, 0.2) is 0 Å². The van der Waals surface area contributed by atoms with Gasteiger partial charge in [-0.1, -0.05) is 33.6 Å². The van der Waals surface area contributed by atoms with Crippen molar-refractivity contribution >= 4 is 0 Å². The minimum absolute atomic E-state index is 0.543. The lowest BCUT2D eigenvalue weighted by molar-refractivity contribution is 0.0936. The van der Waals surface area contributed by atoms with Crippen LogP contribution in [0.3, 0.4) is 0 Å². The third kappa shape index (κ3) is 4.45. The van der Waals surface area contributed by atoms with E-state index in [9.17, 15) is 0 Å². The molecule has 1 rings (SSSR count). The number of rotatable bonds is 7. The Bertz CT molecular complexity index is 196. The predicted octanol–water partition coefficient (Wildman–Crippen LogP) is 4.18. The Morgan fingerprint density at radius 3 is 2.19 bits per heavy atom. The van der Waals surface area contributed by atoms with Gasteiger partial charge in [0.2, 0.25) is 0 Å². The van der Waals surface area contributed by atoms with E-state index in [0.29, 0.717) is 5.41 Å². The molecule has 1 heteroatoms. The Labute approximate surface area is 103 Å². The molecule has 1 nitrogen and oxygen atoms in total. The van der Waals surface area contributed by atoms with Crippen molar-refractivity contribution in [2.24, 2.45) is 17.3 Å². The topological polar surface area (TPSA) is 3.24 Å². The van der Waals surface area contributed by atoms with Crippen LogP contribution in [0.25, 0.3) is 0 Å². The Kier molecular flexibility index (Phi) is 5.30. The van der Waals surface area contributed by atoms with Crippen molar-refractivity contribution in [1.29, 1.82) is 0 Å². The first-order chi connectivity index (χ1) is 7.44. The summed E-state index contributed by atoms with van der Waals surface area (Å²) in [6, 6.07) is 0. The molecule has 1 aliphatic rings. The molecule has 2 atom stereocenters. The van der Waals surface area contributed by atoms with E-state index in [4.69, 9.17) is 0 Å². The molecule has 0 spiro atoms. The highest BCUT2D eigenvalue weighted by molar-refractivity contribution is 4.85. The summed E-state index contributed by atoms with van der Waals surface area (Å²) in [6.45, 7) is 8.47. The fraction of sp³-hybridized carbons (Fsp3) is 1.00. The van der Waals surface area contributed by atoms with Crippen molar-refractivity contribution < 1.29 is 0 Å². The van der Waals surface area contributed by atoms with Crippen LogP contribution < -0.4 is 0 Å². The maximum absolute atomic E-state index is 2.46. The van der Waals surface area contributed by atoms with Crippen molar-refractivity contribution in [3.8, 4) is 0 Å². The molecule has 0 heterocycles. The van der Waals surface area contributed by atoms with E-state index in [-0.39, 0.29) is 0 Å². The lowest BCUT2D eigenvalue weighted by Gasteiger charge is -2.42. The molecule has 96 valence electrons. The van der Waals surface area contributed by atoms with Gasteiger partial charge < -0.3 is 4.90 Å². The zero-order chi connectivity index (χ0) is 12.2. The van der Waals surface area contributed by atoms with Crippen molar-refractivity contribution in [3.63, 3.8) is 0 Å². The zero-order valence-corrected chi connectivity index (χ0v) is 12.1. The standard InChI is InChI=1S/C15H31N/c1-6-7-13-8-9-14(13)12-15(2,3)10-11-16(4)5/h13-14H,6-12H2,1-5H3/t13?,14-/m0/s1. The van der Waals surface area contributed by atoms with Crippen molar-refractivity contribution in [1.82, 2.24) is 4.90 Å². The van der Waals surface area contributed by atoms with Crippen molar-refractivity contribution in [3.05, 3.63) is 0 Å². The quantitative estimate of drug-likeness (QED) is 0.628. The molecule has 0 radical (unpaired) electrons. The second kappa shape index (κ2) is 6.05. The Balaban J connectivity index is 2.28. The van der Waals surface area contributed by atoms with E-state index in [0.717, 1.165) is 11.8 Å². The first-order valence-corrected chi connectivity index (χ1v) is 7.09. The van der Waals surface area contributed by atoms with Crippen LogP contribution in [0.1, 0.15) is 59.3 Å². The highest BCUT2D eigenvalue weighted by atomic mass is 15.0. The molecule has 0 saturated heterocycles. The zero-order valence-electron chi connectivity index (χ0n) is 12.1. The summed E-state index contributed by atoms with van der Waals surface area (Å²) in [5, 5.41) is 0. The third-order valence-corrected chi connectivity index (χ3v) is 4.28. The van der Waals surface area contributed by atoms with Crippen LogP contribution in [0, 0.1) is 17.3 Å². The molecule has 0 aromatic carbocycles. The molecule has 16 heavy (non-hydrogen) atoms. The average molecular weight is 225 g/mol. The minimum atomic E-state index is 0.543. The summed E-state index contributed by atoms with van der Waals surface area (Å²) < 4.78 is 0. The van der Waals surface area contributed by atoms with Crippen LogP contribution in [-0.4, -0.2) is 25.5 Å². The normalized spacial score (nSPS) is 25.9. The van der Waals surface area contributed by atoms with Crippen molar-refractivity contribution in [2.75, 3.05) is 20.6 Å². The Morgan fingerprint density at radius 2 is 1.75 bits per heavy atom. The summed E-state index contributed by atoms with van der Waals surface area (Å²) >= 11 is 0. The van der Waals surface area contributed by atoms with E-state index < -0.39 is 0 Å². The monoisotopic (exact) mass is 225 g/mol. The molecular formula is C15H31N. The predicted molar refractivity (Wildman–Crippen MR) is 72.7 cm³/mol. The second-order valence-corrected chi connectivity index (χ2v) is 6.81. The summed E-state index contributed by atoms with van der Waals surface area (Å²) in [4.78, 5) is 2.31. The van der Waals surface area contributed by atoms with Gasteiger partial charge in [0.25, 0.3) is 0 Å². The molecule has 0 aliphatic heterocycles. The fourth-order valence-corrected chi connectivity index (χ4v) is 3.00. The van der Waals surface area contributed by atoms with Crippen LogP contribution >= 0.6 is 0 Å². The molecule has 1 aliphatic carbocycles. The number of nitrogens with zero attached hydrogens (tertiary/aromatic N) is 1. The van der Waals surface area contributed by atoms with Gasteiger partial charge >= 0.3 is 0 Å². The lowest BCUT2D eigenvalue weighted by atomic mass is 9.64. The molecule has 1 unspecified atom stereocenters. The summed E-state index contributed by atoms with van der Waals surface area (Å²) in [6.07, 6.45) is 8.63. The van der Waals surface area contributed by atoms with E-state index >= 15 is 0 Å². The first kappa shape index (κ1) is 14.0. The SMILES string of the molecule is CCCC1CC[C@H]1CC(C)(C)CCN(C)C. The maximum Gasteiger partial charge on any atom is -0.00197 e. The molecule has 0 aromatic heterocycles. The van der Waals surface area contributed by atoms with E-state index in [2.05, 4.69) is 39.8 Å². The number of hydrogen-bond acceptors (Lipinski definition) is 1. The van der Waals surface area contributed by atoms with Gasteiger partial charge in [-0.25, -0.2) is 0 Å². The van der Waals surface area contributed by atoms with Gasteiger partial charge in [0, 0.05) is 0 Å². The fourth-order valence-electron chi connectivity index (χ4n) is 3.00. The third-order valence-electron chi connectivity index (χ3n) is 4.28. The highest BCUT2D eigenvalue weighted by Gasteiger charge is 2.34. The summed E-state index contributed by atoms with van der Waals surface area (Å²) in [5.74, 6) is 2.10. The van der Waals surface area contributed by atoms with Crippen LogP contribution in [-0.2, 0) is 0 Å². The molecule has 0 amide bonds. The molecule has 1 saturated carbocycles. The maximum atomic E-state index is 2.46. The summed E-state index contributed by atoms with van der Waals surface area (Å²) in [5.41, 5.74) is 0.543. The molecule has 0 bridgehead atoms.